The van der Waals surface area contributed by atoms with Gasteiger partial charge in [-0.2, -0.15) is 0 Å². The number of amides is 2. The first-order valence-corrected chi connectivity index (χ1v) is 8.74. The van der Waals surface area contributed by atoms with E-state index in [1.54, 1.807) is 0 Å². The van der Waals surface area contributed by atoms with Crippen LogP contribution < -0.4 is 5.32 Å². The summed E-state index contributed by atoms with van der Waals surface area (Å²) >= 11 is 0. The lowest BCUT2D eigenvalue weighted by Crippen LogP contribution is -2.54. The molecule has 0 aliphatic carbocycles. The molecule has 9 heteroatoms. The maximum Gasteiger partial charge on any atom is 0.228 e. The minimum Gasteiger partial charge on any atom is -0.379 e. The summed E-state index contributed by atoms with van der Waals surface area (Å²) in [6.07, 6.45) is 0.374. The van der Waals surface area contributed by atoms with Gasteiger partial charge in [0.15, 0.2) is 0 Å². The zero-order valence-corrected chi connectivity index (χ0v) is 16.4. The van der Waals surface area contributed by atoms with Crippen molar-refractivity contribution in [2.24, 2.45) is 5.92 Å². The van der Waals surface area contributed by atoms with Crippen molar-refractivity contribution in [3.05, 3.63) is 0 Å². The highest BCUT2D eigenvalue weighted by Crippen LogP contribution is 2.21. The Morgan fingerprint density at radius 2 is 1.92 bits per heavy atom. The van der Waals surface area contributed by atoms with E-state index in [9.17, 15) is 9.59 Å². The van der Waals surface area contributed by atoms with Crippen LogP contribution in [0.1, 0.15) is 13.3 Å². The number of hydrogen-bond acceptors (Lipinski definition) is 5. The summed E-state index contributed by atoms with van der Waals surface area (Å²) < 4.78 is 5.34. The minimum atomic E-state index is -0.160. The SMILES string of the molecule is C[C@H]1CNCCN1C(=O)C1CC(=O)N(CCN2CCOCC2)C1.Cl.Cl. The summed E-state index contributed by atoms with van der Waals surface area (Å²) in [5.41, 5.74) is 0. The molecule has 0 spiro atoms. The molecule has 3 saturated heterocycles. The number of carbonyl (C=O) groups excluding carboxylic acids is 2. The summed E-state index contributed by atoms with van der Waals surface area (Å²) in [7, 11) is 0. The Kier molecular flexibility index (Phi) is 9.45. The zero-order valence-electron chi connectivity index (χ0n) is 14.8. The molecule has 1 unspecified atom stereocenters. The Hall–Kier alpha value is -0.600. The fraction of sp³-hybridized carbons (Fsp3) is 0.875. The number of halogens is 2. The molecule has 0 radical (unpaired) electrons. The molecule has 0 aromatic carbocycles. The minimum absolute atomic E-state index is 0. The van der Waals surface area contributed by atoms with Gasteiger partial charge >= 0.3 is 0 Å². The molecular weight excluding hydrogens is 367 g/mol. The Morgan fingerprint density at radius 3 is 2.60 bits per heavy atom. The first-order chi connectivity index (χ1) is 11.1. The number of ether oxygens (including phenoxy) is 1. The van der Waals surface area contributed by atoms with Crippen LogP contribution in [0.3, 0.4) is 0 Å². The molecule has 0 saturated carbocycles. The average Bonchev–Trinajstić information content (AvgIpc) is 2.95. The fourth-order valence-corrected chi connectivity index (χ4v) is 3.64. The van der Waals surface area contributed by atoms with Crippen LogP contribution >= 0.6 is 24.8 Å². The van der Waals surface area contributed by atoms with E-state index < -0.39 is 0 Å². The first kappa shape index (κ1) is 22.4. The molecule has 146 valence electrons. The molecule has 7 nitrogen and oxygen atoms in total. The molecule has 3 fully saturated rings. The number of nitrogens with one attached hydrogen (secondary N) is 1. The van der Waals surface area contributed by atoms with Crippen molar-refractivity contribution in [2.45, 2.75) is 19.4 Å². The third kappa shape index (κ3) is 5.69. The monoisotopic (exact) mass is 396 g/mol. The van der Waals surface area contributed by atoms with E-state index in [0.29, 0.717) is 13.0 Å². The van der Waals surface area contributed by atoms with Gasteiger partial charge in [0, 0.05) is 64.8 Å². The maximum absolute atomic E-state index is 12.7. The topological polar surface area (TPSA) is 65.1 Å². The molecule has 0 aromatic rings. The molecule has 3 aliphatic rings. The summed E-state index contributed by atoms with van der Waals surface area (Å²) in [5, 5.41) is 3.30. The van der Waals surface area contributed by atoms with E-state index in [-0.39, 0.29) is 48.6 Å². The van der Waals surface area contributed by atoms with Crippen LogP contribution in [0.5, 0.6) is 0 Å². The smallest absolute Gasteiger partial charge is 0.228 e. The molecular formula is C16H30Cl2N4O3. The Bertz CT molecular complexity index is 449. The van der Waals surface area contributed by atoms with Crippen LogP contribution in [0.4, 0.5) is 0 Å². The molecule has 1 N–H and O–H groups in total. The van der Waals surface area contributed by atoms with Crippen molar-refractivity contribution in [2.75, 3.05) is 65.6 Å². The Morgan fingerprint density at radius 1 is 1.20 bits per heavy atom. The van der Waals surface area contributed by atoms with E-state index in [0.717, 1.165) is 59.0 Å². The largest absolute Gasteiger partial charge is 0.379 e. The predicted octanol–water partition coefficient (Wildman–Crippen LogP) is -0.169. The van der Waals surface area contributed by atoms with E-state index in [1.807, 2.05) is 9.80 Å². The van der Waals surface area contributed by atoms with Crippen molar-refractivity contribution in [1.29, 1.82) is 0 Å². The van der Waals surface area contributed by atoms with Gasteiger partial charge < -0.3 is 19.9 Å². The second-order valence-electron chi connectivity index (χ2n) is 6.78. The standard InChI is InChI=1S/C16H28N4O3.2ClH/c1-13-11-17-2-3-20(13)16(22)14-10-15(21)19(12-14)5-4-18-6-8-23-9-7-18;;/h13-14,17H,2-12H2,1H3;2*1H/t13-,14?;;/m0../s1. The van der Waals surface area contributed by atoms with Crippen LogP contribution in [-0.2, 0) is 14.3 Å². The number of morpholine rings is 1. The number of hydrogen-bond donors (Lipinski definition) is 1. The normalized spacial score (nSPS) is 27.6. The van der Waals surface area contributed by atoms with E-state index in [1.165, 1.54) is 0 Å². The molecule has 25 heavy (non-hydrogen) atoms. The van der Waals surface area contributed by atoms with Gasteiger partial charge in [-0.3, -0.25) is 14.5 Å². The number of nitrogens with zero attached hydrogens (tertiary/aromatic N) is 3. The molecule has 2 atom stereocenters. The molecule has 0 aromatic heterocycles. The summed E-state index contributed by atoms with van der Waals surface area (Å²) in [5.74, 6) is 0.119. The van der Waals surface area contributed by atoms with Crippen LogP contribution in [-0.4, -0.2) is 98.1 Å². The van der Waals surface area contributed by atoms with E-state index in [4.69, 9.17) is 4.74 Å². The lowest BCUT2D eigenvalue weighted by molar-refractivity contribution is -0.138. The third-order valence-electron chi connectivity index (χ3n) is 5.14. The number of likely N-dealkylation sites (tertiary alicyclic amines) is 1. The number of carbonyl (C=O) groups is 2. The lowest BCUT2D eigenvalue weighted by atomic mass is 10.1. The van der Waals surface area contributed by atoms with Gasteiger partial charge in [-0.25, -0.2) is 0 Å². The summed E-state index contributed by atoms with van der Waals surface area (Å²) in [6.45, 7) is 10.1. The van der Waals surface area contributed by atoms with Gasteiger partial charge in [-0.1, -0.05) is 0 Å². The zero-order chi connectivity index (χ0) is 16.2. The molecule has 3 heterocycles. The van der Waals surface area contributed by atoms with Crippen LogP contribution in [0.15, 0.2) is 0 Å². The molecule has 3 rings (SSSR count). The van der Waals surface area contributed by atoms with Crippen LogP contribution in [0.2, 0.25) is 0 Å². The van der Waals surface area contributed by atoms with Gasteiger partial charge in [0.2, 0.25) is 11.8 Å². The highest BCUT2D eigenvalue weighted by Gasteiger charge is 2.38. The van der Waals surface area contributed by atoms with Gasteiger partial charge in [0.25, 0.3) is 0 Å². The number of rotatable bonds is 4. The quantitative estimate of drug-likeness (QED) is 0.714. The van der Waals surface area contributed by atoms with Crippen molar-refractivity contribution in [3.63, 3.8) is 0 Å². The second-order valence-corrected chi connectivity index (χ2v) is 6.78. The Labute approximate surface area is 162 Å². The predicted molar refractivity (Wildman–Crippen MR) is 100 cm³/mol. The van der Waals surface area contributed by atoms with Gasteiger partial charge in [0.05, 0.1) is 19.1 Å². The number of piperazine rings is 1. The Balaban J connectivity index is 0.00000156. The second kappa shape index (κ2) is 10.5. The average molecular weight is 397 g/mol. The van der Waals surface area contributed by atoms with E-state index in [2.05, 4.69) is 17.1 Å². The maximum atomic E-state index is 12.7. The van der Waals surface area contributed by atoms with Crippen molar-refractivity contribution >= 4 is 36.6 Å². The van der Waals surface area contributed by atoms with Crippen molar-refractivity contribution in [3.8, 4) is 0 Å². The van der Waals surface area contributed by atoms with Crippen LogP contribution in [0.25, 0.3) is 0 Å². The first-order valence-electron chi connectivity index (χ1n) is 8.74. The molecule has 2 amide bonds. The van der Waals surface area contributed by atoms with Gasteiger partial charge in [0.1, 0.15) is 0 Å². The molecule has 3 aliphatic heterocycles. The third-order valence-corrected chi connectivity index (χ3v) is 5.14. The lowest BCUT2D eigenvalue weighted by Gasteiger charge is -2.35. The fourth-order valence-electron chi connectivity index (χ4n) is 3.64. The van der Waals surface area contributed by atoms with E-state index >= 15 is 0 Å². The van der Waals surface area contributed by atoms with Crippen LogP contribution in [0, 0.1) is 5.92 Å². The highest BCUT2D eigenvalue weighted by atomic mass is 35.5. The van der Waals surface area contributed by atoms with Gasteiger partial charge in [-0.05, 0) is 6.92 Å². The molecule has 0 bridgehead atoms. The summed E-state index contributed by atoms with van der Waals surface area (Å²) in [6, 6.07) is 0.216. The van der Waals surface area contributed by atoms with Gasteiger partial charge in [-0.15, -0.1) is 24.8 Å². The summed E-state index contributed by atoms with van der Waals surface area (Å²) in [4.78, 5) is 31.1. The van der Waals surface area contributed by atoms with Crippen molar-refractivity contribution < 1.29 is 14.3 Å². The van der Waals surface area contributed by atoms with Crippen molar-refractivity contribution in [1.82, 2.24) is 20.0 Å². The highest BCUT2D eigenvalue weighted by molar-refractivity contribution is 5.89.